The fraction of sp³-hybridized carbons (Fsp3) is 0.190. The largest absolute Gasteiger partial charge is 0.486 e. The monoisotopic (exact) mass is 380 g/mol. The van der Waals surface area contributed by atoms with Crippen molar-refractivity contribution >= 4 is 28.7 Å². The molecule has 3 rings (SSSR count). The Balaban J connectivity index is 1.65. The minimum absolute atomic E-state index is 0.00982. The molecule has 0 radical (unpaired) electrons. The lowest BCUT2D eigenvalue weighted by molar-refractivity contribution is 0.101. The van der Waals surface area contributed by atoms with Crippen LogP contribution in [0.1, 0.15) is 43.2 Å². The van der Waals surface area contributed by atoms with Crippen molar-refractivity contribution in [2.75, 3.05) is 5.32 Å². The van der Waals surface area contributed by atoms with Crippen LogP contribution >= 0.6 is 11.3 Å². The average Bonchev–Trinajstić information content (AvgIpc) is 3.02. The van der Waals surface area contributed by atoms with Crippen molar-refractivity contribution in [2.45, 2.75) is 27.4 Å². The van der Waals surface area contributed by atoms with Gasteiger partial charge in [-0.05, 0) is 57.2 Å². The number of hydrogen-bond donors (Lipinski definition) is 1. The summed E-state index contributed by atoms with van der Waals surface area (Å²) in [5.41, 5.74) is 3.08. The van der Waals surface area contributed by atoms with Crippen molar-refractivity contribution in [1.82, 2.24) is 4.98 Å². The van der Waals surface area contributed by atoms with Crippen molar-refractivity contribution in [3.8, 4) is 5.75 Å². The van der Waals surface area contributed by atoms with Crippen LogP contribution in [0.5, 0.6) is 5.75 Å². The minimum atomic E-state index is -0.220. The van der Waals surface area contributed by atoms with E-state index in [0.29, 0.717) is 28.4 Å². The second-order valence-electron chi connectivity index (χ2n) is 6.21. The first-order chi connectivity index (χ1) is 12.9. The summed E-state index contributed by atoms with van der Waals surface area (Å²) in [6, 6.07) is 14.6. The summed E-state index contributed by atoms with van der Waals surface area (Å²) < 4.78 is 5.73. The number of Topliss-reactive ketones (excluding diaryl/α,β-unsaturated/α-hetero) is 1. The number of carbonyl (C=O) groups excluding carboxylic acids is 2. The second kappa shape index (κ2) is 8.14. The molecular formula is C21H20N2O3S. The Bertz CT molecular complexity index is 960. The van der Waals surface area contributed by atoms with Crippen LogP contribution in [0, 0.1) is 13.8 Å². The number of carbonyl (C=O) groups is 2. The highest BCUT2D eigenvalue weighted by molar-refractivity contribution is 7.13. The van der Waals surface area contributed by atoms with Crippen LogP contribution < -0.4 is 10.1 Å². The molecule has 0 unspecified atom stereocenters. The van der Waals surface area contributed by atoms with Gasteiger partial charge in [0.1, 0.15) is 22.2 Å². The van der Waals surface area contributed by atoms with Gasteiger partial charge in [0.15, 0.2) is 5.78 Å². The van der Waals surface area contributed by atoms with E-state index >= 15 is 0 Å². The first-order valence-electron chi connectivity index (χ1n) is 8.50. The van der Waals surface area contributed by atoms with E-state index < -0.39 is 0 Å². The number of hydrogen-bond acceptors (Lipinski definition) is 5. The van der Waals surface area contributed by atoms with Crippen LogP contribution in [0.25, 0.3) is 0 Å². The Morgan fingerprint density at radius 3 is 2.33 bits per heavy atom. The zero-order valence-electron chi connectivity index (χ0n) is 15.4. The van der Waals surface area contributed by atoms with Crippen molar-refractivity contribution in [1.29, 1.82) is 0 Å². The molecule has 138 valence electrons. The summed E-state index contributed by atoms with van der Waals surface area (Å²) in [5.74, 6) is 0.538. The predicted octanol–water partition coefficient (Wildman–Crippen LogP) is 4.79. The lowest BCUT2D eigenvalue weighted by atomic mass is 10.1. The molecule has 0 bridgehead atoms. The van der Waals surface area contributed by atoms with Crippen LogP contribution in [-0.2, 0) is 6.61 Å². The third-order valence-electron chi connectivity index (χ3n) is 3.98. The van der Waals surface area contributed by atoms with Gasteiger partial charge in [-0.25, -0.2) is 4.98 Å². The number of aryl methyl sites for hydroxylation is 2. The molecule has 0 fully saturated rings. The molecule has 0 saturated heterocycles. The van der Waals surface area contributed by atoms with E-state index in [9.17, 15) is 9.59 Å². The van der Waals surface area contributed by atoms with E-state index in [1.54, 1.807) is 31.2 Å². The van der Waals surface area contributed by atoms with Crippen LogP contribution in [0.15, 0.2) is 48.5 Å². The zero-order valence-corrected chi connectivity index (χ0v) is 16.2. The van der Waals surface area contributed by atoms with E-state index in [2.05, 4.69) is 10.3 Å². The van der Waals surface area contributed by atoms with Gasteiger partial charge < -0.3 is 10.1 Å². The van der Waals surface area contributed by atoms with Crippen LogP contribution in [0.3, 0.4) is 0 Å². The summed E-state index contributed by atoms with van der Waals surface area (Å²) in [6.45, 7) is 5.65. The molecule has 3 aromatic rings. The highest BCUT2D eigenvalue weighted by Gasteiger charge is 2.16. The lowest BCUT2D eigenvalue weighted by Gasteiger charge is -2.05. The Morgan fingerprint density at radius 2 is 1.70 bits per heavy atom. The molecule has 0 aliphatic carbocycles. The van der Waals surface area contributed by atoms with Crippen molar-refractivity contribution in [2.24, 2.45) is 0 Å². The number of benzene rings is 2. The summed E-state index contributed by atoms with van der Waals surface area (Å²) in [6.07, 6.45) is 0. The highest BCUT2D eigenvalue weighted by atomic mass is 32.1. The van der Waals surface area contributed by atoms with E-state index in [4.69, 9.17) is 4.74 Å². The molecule has 0 saturated carbocycles. The number of aromatic nitrogens is 1. The molecule has 27 heavy (non-hydrogen) atoms. The molecule has 0 aliphatic rings. The van der Waals surface area contributed by atoms with Crippen molar-refractivity contribution in [3.05, 3.63) is 75.2 Å². The predicted molar refractivity (Wildman–Crippen MR) is 107 cm³/mol. The second-order valence-corrected chi connectivity index (χ2v) is 7.30. The van der Waals surface area contributed by atoms with Gasteiger partial charge in [-0.3, -0.25) is 9.59 Å². The molecule has 6 heteroatoms. The van der Waals surface area contributed by atoms with Gasteiger partial charge in [-0.2, -0.15) is 0 Å². The molecular weight excluding hydrogens is 360 g/mol. The van der Waals surface area contributed by atoms with Crippen molar-refractivity contribution < 1.29 is 14.3 Å². The number of rotatable bonds is 6. The SMILES string of the molecule is CC(=O)c1ccc(NC(=O)c2sc(COc3ccc(C)cc3)nc2C)cc1. The molecule has 1 amide bonds. The highest BCUT2D eigenvalue weighted by Crippen LogP contribution is 2.22. The molecule has 0 aliphatic heterocycles. The maximum atomic E-state index is 12.5. The summed E-state index contributed by atoms with van der Waals surface area (Å²) in [5, 5.41) is 3.58. The molecule has 2 aromatic carbocycles. The van der Waals surface area contributed by atoms with Crippen molar-refractivity contribution in [3.63, 3.8) is 0 Å². The number of amides is 1. The van der Waals surface area contributed by atoms with Gasteiger partial charge in [0, 0.05) is 11.3 Å². The molecule has 5 nitrogen and oxygen atoms in total. The van der Waals surface area contributed by atoms with E-state index in [1.807, 2.05) is 31.2 Å². The minimum Gasteiger partial charge on any atom is -0.486 e. The third kappa shape index (κ3) is 4.80. The maximum absolute atomic E-state index is 12.5. The number of ketones is 1. The first kappa shape index (κ1) is 18.8. The normalized spacial score (nSPS) is 10.5. The van der Waals surface area contributed by atoms with Gasteiger partial charge in [0.2, 0.25) is 0 Å². The summed E-state index contributed by atoms with van der Waals surface area (Å²) >= 11 is 1.32. The standard InChI is InChI=1S/C21H20N2O3S/c1-13-4-10-18(11-5-13)26-12-19-22-14(2)20(27-19)21(25)23-17-8-6-16(7-9-17)15(3)24/h4-11H,12H2,1-3H3,(H,23,25). The Hall–Kier alpha value is -2.99. The number of nitrogens with zero attached hydrogens (tertiary/aromatic N) is 1. The van der Waals surface area contributed by atoms with Crippen LogP contribution in [-0.4, -0.2) is 16.7 Å². The Kier molecular flexibility index (Phi) is 5.66. The topological polar surface area (TPSA) is 68.3 Å². The number of ether oxygens (including phenoxy) is 1. The average molecular weight is 380 g/mol. The van der Waals surface area contributed by atoms with E-state index in [0.717, 1.165) is 10.8 Å². The molecule has 1 heterocycles. The molecule has 0 spiro atoms. The summed E-state index contributed by atoms with van der Waals surface area (Å²) in [7, 11) is 0. The van der Waals surface area contributed by atoms with Gasteiger partial charge >= 0.3 is 0 Å². The van der Waals surface area contributed by atoms with Crippen LogP contribution in [0.2, 0.25) is 0 Å². The quantitative estimate of drug-likeness (QED) is 0.624. The van der Waals surface area contributed by atoms with Gasteiger partial charge in [-0.1, -0.05) is 17.7 Å². The summed E-state index contributed by atoms with van der Waals surface area (Å²) in [4.78, 5) is 28.8. The number of nitrogens with one attached hydrogen (secondary N) is 1. The molecule has 0 atom stereocenters. The molecule has 1 N–H and O–H groups in total. The maximum Gasteiger partial charge on any atom is 0.267 e. The fourth-order valence-electron chi connectivity index (χ4n) is 2.48. The van der Waals surface area contributed by atoms with Gasteiger partial charge in [0.25, 0.3) is 5.91 Å². The van der Waals surface area contributed by atoms with E-state index in [-0.39, 0.29) is 11.7 Å². The lowest BCUT2D eigenvalue weighted by Crippen LogP contribution is -2.11. The Morgan fingerprint density at radius 1 is 1.04 bits per heavy atom. The van der Waals surface area contributed by atoms with Crippen LogP contribution in [0.4, 0.5) is 5.69 Å². The van der Waals surface area contributed by atoms with E-state index in [1.165, 1.54) is 23.8 Å². The number of anilines is 1. The smallest absolute Gasteiger partial charge is 0.267 e. The van der Waals surface area contributed by atoms with Gasteiger partial charge in [0.05, 0.1) is 5.69 Å². The first-order valence-corrected chi connectivity index (χ1v) is 9.32. The molecule has 1 aromatic heterocycles. The Labute approximate surface area is 162 Å². The van der Waals surface area contributed by atoms with Gasteiger partial charge in [-0.15, -0.1) is 11.3 Å². The fourth-order valence-corrected chi connectivity index (χ4v) is 3.35. The third-order valence-corrected chi connectivity index (χ3v) is 5.11. The number of thiazole rings is 1. The zero-order chi connectivity index (χ0) is 19.4.